The lowest BCUT2D eigenvalue weighted by atomic mass is 9.90. The number of rotatable bonds is 7. The predicted molar refractivity (Wildman–Crippen MR) is 96.1 cm³/mol. The van der Waals surface area contributed by atoms with Gasteiger partial charge in [0.05, 0.1) is 6.54 Å². The zero-order valence-electron chi connectivity index (χ0n) is 15.1. The molecule has 0 unspecified atom stereocenters. The standard InChI is InChI=1S/C19H27FN4O2/c20-17-5-4-16(13-22-17)15-6-11-23(12-7-15)9-2-8-21-18(25)14-24-10-1-3-19(24)26/h4-5,13,15H,1-3,6-12,14H2,(H,21,25). The molecule has 3 heterocycles. The highest BCUT2D eigenvalue weighted by molar-refractivity contribution is 5.85. The number of hydrogen-bond donors (Lipinski definition) is 1. The van der Waals surface area contributed by atoms with E-state index in [1.54, 1.807) is 11.1 Å². The number of halogens is 1. The zero-order valence-corrected chi connectivity index (χ0v) is 15.1. The normalized spacial score (nSPS) is 19.1. The molecular weight excluding hydrogens is 335 g/mol. The Morgan fingerprint density at radius 2 is 2.08 bits per heavy atom. The van der Waals surface area contributed by atoms with Gasteiger partial charge < -0.3 is 15.1 Å². The van der Waals surface area contributed by atoms with Gasteiger partial charge in [-0.25, -0.2) is 4.98 Å². The first-order valence-corrected chi connectivity index (χ1v) is 9.50. The van der Waals surface area contributed by atoms with Crippen LogP contribution in [-0.2, 0) is 9.59 Å². The Kier molecular flexibility index (Phi) is 6.55. The molecule has 0 bridgehead atoms. The second kappa shape index (κ2) is 9.07. The molecule has 0 radical (unpaired) electrons. The van der Waals surface area contributed by atoms with E-state index in [-0.39, 0.29) is 18.4 Å². The highest BCUT2D eigenvalue weighted by atomic mass is 19.1. The Balaban J connectivity index is 1.28. The molecule has 3 rings (SSSR count). The topological polar surface area (TPSA) is 65.5 Å². The van der Waals surface area contributed by atoms with Crippen LogP contribution < -0.4 is 5.32 Å². The lowest BCUT2D eigenvalue weighted by molar-refractivity contribution is -0.133. The van der Waals surface area contributed by atoms with Crippen molar-refractivity contribution in [2.24, 2.45) is 0 Å². The van der Waals surface area contributed by atoms with E-state index in [0.717, 1.165) is 50.9 Å². The van der Waals surface area contributed by atoms with E-state index in [1.165, 1.54) is 6.07 Å². The number of likely N-dealkylation sites (tertiary alicyclic amines) is 2. The molecule has 7 heteroatoms. The molecule has 2 amide bonds. The van der Waals surface area contributed by atoms with Crippen molar-refractivity contribution in [3.63, 3.8) is 0 Å². The molecule has 1 aromatic heterocycles. The summed E-state index contributed by atoms with van der Waals surface area (Å²) in [7, 11) is 0. The Morgan fingerprint density at radius 1 is 1.27 bits per heavy atom. The fourth-order valence-electron chi connectivity index (χ4n) is 3.75. The Hall–Kier alpha value is -2.02. The summed E-state index contributed by atoms with van der Waals surface area (Å²) < 4.78 is 12.9. The quantitative estimate of drug-likeness (QED) is 0.590. The number of piperidine rings is 1. The maximum Gasteiger partial charge on any atom is 0.239 e. The van der Waals surface area contributed by atoms with Crippen LogP contribution >= 0.6 is 0 Å². The summed E-state index contributed by atoms with van der Waals surface area (Å²) in [6.45, 7) is 4.51. The summed E-state index contributed by atoms with van der Waals surface area (Å²) in [5, 5.41) is 2.91. The molecule has 2 saturated heterocycles. The first kappa shape index (κ1) is 18.8. The van der Waals surface area contributed by atoms with E-state index < -0.39 is 5.95 Å². The van der Waals surface area contributed by atoms with Crippen molar-refractivity contribution in [2.45, 2.75) is 38.0 Å². The first-order valence-electron chi connectivity index (χ1n) is 9.50. The Labute approximate surface area is 153 Å². The van der Waals surface area contributed by atoms with Crippen molar-refractivity contribution in [3.8, 4) is 0 Å². The van der Waals surface area contributed by atoms with Gasteiger partial charge in [0.25, 0.3) is 0 Å². The summed E-state index contributed by atoms with van der Waals surface area (Å²) >= 11 is 0. The number of carbonyl (C=O) groups excluding carboxylic acids is 2. The van der Waals surface area contributed by atoms with Crippen molar-refractivity contribution < 1.29 is 14.0 Å². The maximum absolute atomic E-state index is 12.9. The molecule has 1 N–H and O–H groups in total. The van der Waals surface area contributed by atoms with E-state index in [9.17, 15) is 14.0 Å². The molecule has 1 aromatic rings. The van der Waals surface area contributed by atoms with Crippen molar-refractivity contribution in [1.82, 2.24) is 20.1 Å². The Morgan fingerprint density at radius 3 is 2.73 bits per heavy atom. The molecule has 6 nitrogen and oxygen atoms in total. The van der Waals surface area contributed by atoms with E-state index in [2.05, 4.69) is 15.2 Å². The van der Waals surface area contributed by atoms with Crippen LogP contribution in [0.2, 0.25) is 0 Å². The van der Waals surface area contributed by atoms with Gasteiger partial charge in [-0.2, -0.15) is 4.39 Å². The van der Waals surface area contributed by atoms with Crippen LogP contribution in [-0.4, -0.2) is 65.9 Å². The number of aromatic nitrogens is 1. The average molecular weight is 362 g/mol. The summed E-state index contributed by atoms with van der Waals surface area (Å²) in [6, 6.07) is 3.27. The molecule has 2 aliphatic rings. The second-order valence-corrected chi connectivity index (χ2v) is 7.15. The number of nitrogens with zero attached hydrogens (tertiary/aromatic N) is 3. The van der Waals surface area contributed by atoms with E-state index in [1.807, 2.05) is 6.07 Å². The smallest absolute Gasteiger partial charge is 0.239 e. The highest BCUT2D eigenvalue weighted by Crippen LogP contribution is 2.27. The molecule has 26 heavy (non-hydrogen) atoms. The number of pyridine rings is 1. The largest absolute Gasteiger partial charge is 0.355 e. The monoisotopic (exact) mass is 362 g/mol. The predicted octanol–water partition coefficient (Wildman–Crippen LogP) is 1.53. The minimum atomic E-state index is -0.428. The lowest BCUT2D eigenvalue weighted by Gasteiger charge is -2.32. The minimum absolute atomic E-state index is 0.0669. The molecular formula is C19H27FN4O2. The third-order valence-electron chi connectivity index (χ3n) is 5.29. The van der Waals surface area contributed by atoms with Crippen LogP contribution in [0.5, 0.6) is 0 Å². The van der Waals surface area contributed by atoms with Gasteiger partial charge in [-0.15, -0.1) is 0 Å². The van der Waals surface area contributed by atoms with Gasteiger partial charge in [-0.1, -0.05) is 6.07 Å². The second-order valence-electron chi connectivity index (χ2n) is 7.15. The molecule has 142 valence electrons. The van der Waals surface area contributed by atoms with Crippen molar-refractivity contribution in [3.05, 3.63) is 29.8 Å². The van der Waals surface area contributed by atoms with Crippen LogP contribution in [0.4, 0.5) is 4.39 Å². The third-order valence-corrected chi connectivity index (χ3v) is 5.29. The van der Waals surface area contributed by atoms with Crippen LogP contribution in [0.3, 0.4) is 0 Å². The summed E-state index contributed by atoms with van der Waals surface area (Å²) in [5.41, 5.74) is 1.12. The summed E-state index contributed by atoms with van der Waals surface area (Å²) in [5.74, 6) is 0.0431. The maximum atomic E-state index is 12.9. The van der Waals surface area contributed by atoms with Crippen LogP contribution in [0.1, 0.15) is 43.6 Å². The molecule has 2 fully saturated rings. The van der Waals surface area contributed by atoms with Gasteiger partial charge in [0.1, 0.15) is 0 Å². The molecule has 2 aliphatic heterocycles. The average Bonchev–Trinajstić information content (AvgIpc) is 3.05. The van der Waals surface area contributed by atoms with Gasteiger partial charge >= 0.3 is 0 Å². The molecule has 0 atom stereocenters. The fourth-order valence-corrected chi connectivity index (χ4v) is 3.75. The van der Waals surface area contributed by atoms with Crippen molar-refractivity contribution >= 4 is 11.8 Å². The van der Waals surface area contributed by atoms with Gasteiger partial charge in [-0.3, -0.25) is 9.59 Å². The lowest BCUT2D eigenvalue weighted by Crippen LogP contribution is -2.39. The number of amides is 2. The van der Waals surface area contributed by atoms with E-state index in [0.29, 0.717) is 25.4 Å². The van der Waals surface area contributed by atoms with Crippen molar-refractivity contribution in [2.75, 3.05) is 39.3 Å². The molecule has 0 aliphatic carbocycles. The highest BCUT2D eigenvalue weighted by Gasteiger charge is 2.22. The first-order chi connectivity index (χ1) is 12.6. The summed E-state index contributed by atoms with van der Waals surface area (Å²) in [4.78, 5) is 31.2. The van der Waals surface area contributed by atoms with Gasteiger partial charge in [-0.05, 0) is 62.9 Å². The van der Waals surface area contributed by atoms with Gasteiger partial charge in [0, 0.05) is 25.7 Å². The number of hydrogen-bond acceptors (Lipinski definition) is 4. The molecule has 0 aromatic carbocycles. The minimum Gasteiger partial charge on any atom is -0.355 e. The van der Waals surface area contributed by atoms with Gasteiger partial charge in [0.15, 0.2) is 0 Å². The third kappa shape index (κ3) is 5.24. The fraction of sp³-hybridized carbons (Fsp3) is 0.632. The van der Waals surface area contributed by atoms with E-state index in [4.69, 9.17) is 0 Å². The Bertz CT molecular complexity index is 614. The molecule has 0 spiro atoms. The van der Waals surface area contributed by atoms with Crippen LogP contribution in [0, 0.1) is 5.95 Å². The zero-order chi connectivity index (χ0) is 18.4. The number of nitrogens with one attached hydrogen (secondary N) is 1. The van der Waals surface area contributed by atoms with Gasteiger partial charge in [0.2, 0.25) is 17.8 Å². The van der Waals surface area contributed by atoms with Crippen LogP contribution in [0.25, 0.3) is 0 Å². The molecule has 0 saturated carbocycles. The van der Waals surface area contributed by atoms with E-state index >= 15 is 0 Å². The number of carbonyl (C=O) groups is 2. The summed E-state index contributed by atoms with van der Waals surface area (Å²) in [6.07, 6.45) is 6.08. The SMILES string of the molecule is O=C(CN1CCCC1=O)NCCCN1CCC(c2ccc(F)nc2)CC1. The van der Waals surface area contributed by atoms with Crippen molar-refractivity contribution in [1.29, 1.82) is 0 Å². The van der Waals surface area contributed by atoms with Crippen LogP contribution in [0.15, 0.2) is 18.3 Å².